The number of methoxy groups -OCH3 is 1. The summed E-state index contributed by atoms with van der Waals surface area (Å²) in [5.41, 5.74) is 8.38. The molecule has 0 bridgehead atoms. The van der Waals surface area contributed by atoms with Crippen molar-refractivity contribution in [2.45, 2.75) is 38.5 Å². The third-order valence-electron chi connectivity index (χ3n) is 3.72. The van der Waals surface area contributed by atoms with Crippen LogP contribution in [0, 0.1) is 13.8 Å². The van der Waals surface area contributed by atoms with Gasteiger partial charge in [0.05, 0.1) is 13.2 Å². The van der Waals surface area contributed by atoms with Crippen LogP contribution >= 0.6 is 0 Å². The number of ether oxygens (including phenoxy) is 3. The Balaban J connectivity index is 1.93. The van der Waals surface area contributed by atoms with Crippen molar-refractivity contribution in [1.82, 2.24) is 0 Å². The highest BCUT2D eigenvalue weighted by molar-refractivity contribution is 5.38. The summed E-state index contributed by atoms with van der Waals surface area (Å²) in [5, 5.41) is 0. The van der Waals surface area contributed by atoms with E-state index in [4.69, 9.17) is 19.9 Å². The van der Waals surface area contributed by atoms with Gasteiger partial charge in [-0.1, -0.05) is 12.1 Å². The normalized spacial score (nSPS) is 26.0. The van der Waals surface area contributed by atoms with Crippen LogP contribution in [0.2, 0.25) is 0 Å². The van der Waals surface area contributed by atoms with Gasteiger partial charge in [-0.05, 0) is 31.0 Å². The Hall–Kier alpha value is -1.10. The van der Waals surface area contributed by atoms with Crippen LogP contribution in [0.3, 0.4) is 0 Å². The minimum absolute atomic E-state index is 0.0323. The summed E-state index contributed by atoms with van der Waals surface area (Å²) in [6.45, 7) is 5.30. The molecule has 1 saturated carbocycles. The highest BCUT2D eigenvalue weighted by atomic mass is 16.6. The molecule has 106 valence electrons. The first-order valence-corrected chi connectivity index (χ1v) is 6.72. The minimum atomic E-state index is -0.0323. The number of hydrogen-bond donors (Lipinski definition) is 1. The molecule has 3 atom stereocenters. The second-order valence-corrected chi connectivity index (χ2v) is 5.08. The van der Waals surface area contributed by atoms with Crippen LogP contribution in [0.5, 0.6) is 5.75 Å². The molecule has 0 aromatic heterocycles. The van der Waals surface area contributed by atoms with Crippen LogP contribution in [-0.4, -0.2) is 38.6 Å². The van der Waals surface area contributed by atoms with Crippen LogP contribution < -0.4 is 10.5 Å². The topological polar surface area (TPSA) is 53.7 Å². The van der Waals surface area contributed by atoms with Crippen molar-refractivity contribution in [3.8, 4) is 5.75 Å². The smallest absolute Gasteiger partial charge is 0.128 e. The quantitative estimate of drug-likeness (QED) is 0.797. The second kappa shape index (κ2) is 6.37. The standard InChI is InChI=1S/C15H23NO3/c1-10-5-4-6-13(11(10)2)19-14-9-12(16)15(14)18-8-7-17-3/h4-6,12,14-15H,7-9,16H2,1-3H3. The fourth-order valence-corrected chi connectivity index (χ4v) is 2.24. The largest absolute Gasteiger partial charge is 0.487 e. The van der Waals surface area contributed by atoms with Gasteiger partial charge in [-0.2, -0.15) is 0 Å². The van der Waals surface area contributed by atoms with Crippen molar-refractivity contribution in [3.05, 3.63) is 29.3 Å². The van der Waals surface area contributed by atoms with Crippen molar-refractivity contribution in [1.29, 1.82) is 0 Å². The number of benzene rings is 1. The van der Waals surface area contributed by atoms with E-state index < -0.39 is 0 Å². The molecule has 3 unspecified atom stereocenters. The van der Waals surface area contributed by atoms with E-state index >= 15 is 0 Å². The molecule has 4 heteroatoms. The number of aryl methyl sites for hydroxylation is 1. The first-order valence-electron chi connectivity index (χ1n) is 6.72. The van der Waals surface area contributed by atoms with Crippen molar-refractivity contribution in [2.75, 3.05) is 20.3 Å². The first-order chi connectivity index (χ1) is 9.13. The molecule has 2 rings (SSSR count). The highest BCUT2D eigenvalue weighted by Crippen LogP contribution is 2.30. The molecule has 0 spiro atoms. The Morgan fingerprint density at radius 1 is 1.26 bits per heavy atom. The van der Waals surface area contributed by atoms with Gasteiger partial charge in [0.1, 0.15) is 18.0 Å². The zero-order valence-electron chi connectivity index (χ0n) is 11.9. The molecule has 19 heavy (non-hydrogen) atoms. The zero-order valence-corrected chi connectivity index (χ0v) is 11.9. The lowest BCUT2D eigenvalue weighted by atomic mass is 9.86. The van der Waals surface area contributed by atoms with Crippen molar-refractivity contribution >= 4 is 0 Å². The maximum Gasteiger partial charge on any atom is 0.128 e. The maximum absolute atomic E-state index is 6.03. The van der Waals surface area contributed by atoms with Gasteiger partial charge in [-0.25, -0.2) is 0 Å². The Bertz CT molecular complexity index is 422. The molecule has 0 aliphatic heterocycles. The van der Waals surface area contributed by atoms with Gasteiger partial charge in [-0.15, -0.1) is 0 Å². The molecule has 1 aliphatic carbocycles. The van der Waals surface area contributed by atoms with Gasteiger partial charge in [0.15, 0.2) is 0 Å². The van der Waals surface area contributed by atoms with E-state index in [0.29, 0.717) is 13.2 Å². The lowest BCUT2D eigenvalue weighted by Crippen LogP contribution is -2.59. The van der Waals surface area contributed by atoms with Crippen LogP contribution in [0.4, 0.5) is 0 Å². The Kier molecular flexibility index (Phi) is 4.80. The third kappa shape index (κ3) is 3.26. The van der Waals surface area contributed by atoms with E-state index in [2.05, 4.69) is 19.9 Å². The summed E-state index contributed by atoms with van der Waals surface area (Å²) in [7, 11) is 1.66. The second-order valence-electron chi connectivity index (χ2n) is 5.08. The lowest BCUT2D eigenvalue weighted by Gasteiger charge is -2.42. The highest BCUT2D eigenvalue weighted by Gasteiger charge is 2.41. The van der Waals surface area contributed by atoms with E-state index in [1.54, 1.807) is 7.11 Å². The van der Waals surface area contributed by atoms with Gasteiger partial charge >= 0.3 is 0 Å². The Labute approximate surface area is 114 Å². The molecule has 1 fully saturated rings. The first kappa shape index (κ1) is 14.3. The minimum Gasteiger partial charge on any atom is -0.487 e. The molecule has 1 aromatic carbocycles. The van der Waals surface area contributed by atoms with E-state index in [9.17, 15) is 0 Å². The predicted molar refractivity (Wildman–Crippen MR) is 74.5 cm³/mol. The van der Waals surface area contributed by atoms with Gasteiger partial charge < -0.3 is 19.9 Å². The molecular formula is C15H23NO3. The molecular weight excluding hydrogens is 242 g/mol. The Morgan fingerprint density at radius 2 is 2.05 bits per heavy atom. The van der Waals surface area contributed by atoms with Crippen molar-refractivity contribution in [2.24, 2.45) is 5.73 Å². The molecule has 0 amide bonds. The van der Waals surface area contributed by atoms with Crippen LogP contribution in [0.1, 0.15) is 17.5 Å². The van der Waals surface area contributed by atoms with Gasteiger partial charge in [-0.3, -0.25) is 0 Å². The van der Waals surface area contributed by atoms with Gasteiger partial charge in [0.2, 0.25) is 0 Å². The molecule has 0 saturated heterocycles. The molecule has 4 nitrogen and oxygen atoms in total. The average molecular weight is 265 g/mol. The molecule has 0 heterocycles. The number of rotatable bonds is 6. The van der Waals surface area contributed by atoms with Gasteiger partial charge in [0.25, 0.3) is 0 Å². The Morgan fingerprint density at radius 3 is 2.74 bits per heavy atom. The van der Waals surface area contributed by atoms with E-state index in [0.717, 1.165) is 12.2 Å². The summed E-state index contributed by atoms with van der Waals surface area (Å²) < 4.78 is 16.7. The summed E-state index contributed by atoms with van der Waals surface area (Å²) in [4.78, 5) is 0. The summed E-state index contributed by atoms with van der Waals surface area (Å²) >= 11 is 0. The SMILES string of the molecule is COCCOC1C(N)CC1Oc1cccc(C)c1C. The van der Waals surface area contributed by atoms with E-state index in [1.807, 2.05) is 12.1 Å². The molecule has 2 N–H and O–H groups in total. The fourth-order valence-electron chi connectivity index (χ4n) is 2.24. The maximum atomic E-state index is 6.03. The summed E-state index contributed by atoms with van der Waals surface area (Å²) in [5.74, 6) is 0.928. The fraction of sp³-hybridized carbons (Fsp3) is 0.600. The van der Waals surface area contributed by atoms with Crippen LogP contribution in [-0.2, 0) is 9.47 Å². The lowest BCUT2D eigenvalue weighted by molar-refractivity contribution is -0.107. The predicted octanol–water partition coefficient (Wildman–Crippen LogP) is 1.81. The number of nitrogens with two attached hydrogens (primary N) is 1. The molecule has 1 aliphatic rings. The third-order valence-corrected chi connectivity index (χ3v) is 3.72. The number of hydrogen-bond acceptors (Lipinski definition) is 4. The van der Waals surface area contributed by atoms with E-state index in [1.165, 1.54) is 11.1 Å². The van der Waals surface area contributed by atoms with Crippen LogP contribution in [0.25, 0.3) is 0 Å². The molecule has 0 radical (unpaired) electrons. The van der Waals surface area contributed by atoms with E-state index in [-0.39, 0.29) is 18.2 Å². The van der Waals surface area contributed by atoms with Crippen molar-refractivity contribution < 1.29 is 14.2 Å². The molecule has 1 aromatic rings. The van der Waals surface area contributed by atoms with Gasteiger partial charge in [0, 0.05) is 19.6 Å². The monoisotopic (exact) mass is 265 g/mol. The zero-order chi connectivity index (χ0) is 13.8. The summed E-state index contributed by atoms with van der Waals surface area (Å²) in [6.07, 6.45) is 0.854. The van der Waals surface area contributed by atoms with Crippen LogP contribution in [0.15, 0.2) is 18.2 Å². The van der Waals surface area contributed by atoms with Crippen molar-refractivity contribution in [3.63, 3.8) is 0 Å². The summed E-state index contributed by atoms with van der Waals surface area (Å²) in [6, 6.07) is 6.16. The average Bonchev–Trinajstić information content (AvgIpc) is 2.39.